The molecule has 0 atom stereocenters. The summed E-state index contributed by atoms with van der Waals surface area (Å²) >= 11 is 0. The Morgan fingerprint density at radius 1 is 0.852 bits per heavy atom. The van der Waals surface area contributed by atoms with Crippen molar-refractivity contribution in [2.45, 2.75) is 26.8 Å². The lowest BCUT2D eigenvalue weighted by Crippen LogP contribution is -2.27. The minimum absolute atomic E-state index is 0.855. The van der Waals surface area contributed by atoms with Gasteiger partial charge in [0.2, 0.25) is 0 Å². The van der Waals surface area contributed by atoms with E-state index in [1.807, 2.05) is 0 Å². The fraction of sp³-hybridized carbons (Fsp3) is 0.292. The molecule has 0 radical (unpaired) electrons. The van der Waals surface area contributed by atoms with Gasteiger partial charge in [0.1, 0.15) is 5.82 Å². The SMILES string of the molecule is CCN(CC)CCn1c(Cc2cccc3ccccc23)nc2ccccc21. The summed E-state index contributed by atoms with van der Waals surface area (Å²) in [5.41, 5.74) is 3.67. The van der Waals surface area contributed by atoms with Crippen LogP contribution in [0, 0.1) is 0 Å². The molecule has 3 aromatic carbocycles. The van der Waals surface area contributed by atoms with Crippen LogP contribution in [0.5, 0.6) is 0 Å². The van der Waals surface area contributed by atoms with Gasteiger partial charge in [-0.25, -0.2) is 4.98 Å². The molecule has 0 spiro atoms. The molecule has 0 amide bonds. The lowest BCUT2D eigenvalue weighted by molar-refractivity contribution is 0.291. The average molecular weight is 358 g/mol. The zero-order valence-corrected chi connectivity index (χ0v) is 16.2. The predicted molar refractivity (Wildman–Crippen MR) is 114 cm³/mol. The van der Waals surface area contributed by atoms with Crippen LogP contribution in [0.1, 0.15) is 25.2 Å². The number of para-hydroxylation sites is 2. The van der Waals surface area contributed by atoms with Crippen LogP contribution in [0.2, 0.25) is 0 Å². The Bertz CT molecular complexity index is 1040. The van der Waals surface area contributed by atoms with E-state index in [9.17, 15) is 0 Å². The summed E-state index contributed by atoms with van der Waals surface area (Å²) in [5.74, 6) is 1.15. The second kappa shape index (κ2) is 7.93. The number of fused-ring (bicyclic) bond motifs is 2. The Labute approximate surface area is 161 Å². The number of hydrogen-bond acceptors (Lipinski definition) is 2. The Morgan fingerprint density at radius 3 is 2.44 bits per heavy atom. The van der Waals surface area contributed by atoms with Crippen LogP contribution in [0.4, 0.5) is 0 Å². The summed E-state index contributed by atoms with van der Waals surface area (Å²) in [4.78, 5) is 7.46. The molecule has 0 saturated heterocycles. The zero-order chi connectivity index (χ0) is 18.6. The number of hydrogen-bond donors (Lipinski definition) is 0. The number of benzene rings is 3. The third kappa shape index (κ3) is 3.60. The summed E-state index contributed by atoms with van der Waals surface area (Å²) in [6.45, 7) is 8.65. The highest BCUT2D eigenvalue weighted by Gasteiger charge is 2.13. The van der Waals surface area contributed by atoms with Gasteiger partial charge >= 0.3 is 0 Å². The number of rotatable bonds is 7. The topological polar surface area (TPSA) is 21.1 Å². The van der Waals surface area contributed by atoms with Gasteiger partial charge in [-0.1, -0.05) is 68.4 Å². The highest BCUT2D eigenvalue weighted by atomic mass is 15.2. The molecule has 0 aliphatic rings. The van der Waals surface area contributed by atoms with E-state index in [1.165, 1.54) is 21.9 Å². The van der Waals surface area contributed by atoms with Crippen molar-refractivity contribution in [1.29, 1.82) is 0 Å². The summed E-state index contributed by atoms with van der Waals surface area (Å²) in [5, 5.41) is 2.61. The smallest absolute Gasteiger partial charge is 0.114 e. The third-order valence-corrected chi connectivity index (χ3v) is 5.50. The Morgan fingerprint density at radius 2 is 1.59 bits per heavy atom. The molecule has 0 aliphatic heterocycles. The van der Waals surface area contributed by atoms with Gasteiger partial charge in [0.05, 0.1) is 11.0 Å². The van der Waals surface area contributed by atoms with Crippen molar-refractivity contribution in [3.05, 3.63) is 78.1 Å². The van der Waals surface area contributed by atoms with Crippen molar-refractivity contribution >= 4 is 21.8 Å². The van der Waals surface area contributed by atoms with E-state index in [1.54, 1.807) is 0 Å². The van der Waals surface area contributed by atoms with Crippen molar-refractivity contribution in [1.82, 2.24) is 14.5 Å². The largest absolute Gasteiger partial charge is 0.326 e. The molecule has 0 unspecified atom stereocenters. The minimum atomic E-state index is 0.855. The minimum Gasteiger partial charge on any atom is -0.326 e. The monoisotopic (exact) mass is 357 g/mol. The Balaban J connectivity index is 1.73. The van der Waals surface area contributed by atoms with Crippen molar-refractivity contribution < 1.29 is 0 Å². The molecule has 3 heteroatoms. The van der Waals surface area contributed by atoms with Gasteiger partial charge in [-0.2, -0.15) is 0 Å². The second-order valence-electron chi connectivity index (χ2n) is 7.01. The van der Waals surface area contributed by atoms with Crippen molar-refractivity contribution in [3.63, 3.8) is 0 Å². The molecule has 0 aliphatic carbocycles. The molecule has 1 aromatic heterocycles. The van der Waals surface area contributed by atoms with E-state index in [4.69, 9.17) is 4.98 Å². The summed E-state index contributed by atoms with van der Waals surface area (Å²) < 4.78 is 2.41. The van der Waals surface area contributed by atoms with E-state index in [-0.39, 0.29) is 0 Å². The molecule has 4 rings (SSSR count). The Kier molecular flexibility index (Phi) is 5.21. The standard InChI is InChI=1S/C24H27N3/c1-3-26(4-2)16-17-27-23-15-8-7-14-22(23)25-24(27)18-20-12-9-11-19-10-5-6-13-21(19)20/h5-15H,3-4,16-18H2,1-2H3. The molecule has 27 heavy (non-hydrogen) atoms. The lowest BCUT2D eigenvalue weighted by Gasteiger charge is -2.19. The van der Waals surface area contributed by atoms with E-state index >= 15 is 0 Å². The molecule has 0 saturated carbocycles. The fourth-order valence-electron chi connectivity index (χ4n) is 3.91. The van der Waals surface area contributed by atoms with E-state index in [0.29, 0.717) is 0 Å². The number of imidazole rings is 1. The molecular weight excluding hydrogens is 330 g/mol. The van der Waals surface area contributed by atoms with E-state index in [0.717, 1.165) is 43.9 Å². The van der Waals surface area contributed by atoms with E-state index < -0.39 is 0 Å². The van der Waals surface area contributed by atoms with Crippen LogP contribution >= 0.6 is 0 Å². The molecule has 138 valence electrons. The maximum absolute atomic E-state index is 4.99. The number of likely N-dealkylation sites (N-methyl/N-ethyl adjacent to an activating group) is 1. The predicted octanol–water partition coefficient (Wildman–Crippen LogP) is 5.12. The summed E-state index contributed by atoms with van der Waals surface area (Å²) in [6, 6.07) is 23.7. The van der Waals surface area contributed by atoms with Gasteiger partial charge in [-0.05, 0) is 41.6 Å². The van der Waals surface area contributed by atoms with Gasteiger partial charge in [-0.3, -0.25) is 0 Å². The third-order valence-electron chi connectivity index (χ3n) is 5.50. The first-order chi connectivity index (χ1) is 13.3. The molecule has 0 fully saturated rings. The number of aromatic nitrogens is 2. The van der Waals surface area contributed by atoms with Gasteiger partial charge < -0.3 is 9.47 Å². The van der Waals surface area contributed by atoms with Gasteiger partial charge in [0.15, 0.2) is 0 Å². The normalized spacial score (nSPS) is 11.7. The maximum Gasteiger partial charge on any atom is 0.114 e. The number of nitrogens with zero attached hydrogens (tertiary/aromatic N) is 3. The molecule has 0 N–H and O–H groups in total. The van der Waals surface area contributed by atoms with E-state index in [2.05, 4.69) is 90.0 Å². The quantitative estimate of drug-likeness (QED) is 0.458. The second-order valence-corrected chi connectivity index (χ2v) is 7.01. The van der Waals surface area contributed by atoms with Gasteiger partial charge in [0.25, 0.3) is 0 Å². The highest BCUT2D eigenvalue weighted by molar-refractivity contribution is 5.86. The average Bonchev–Trinajstić information content (AvgIpc) is 3.06. The van der Waals surface area contributed by atoms with Crippen molar-refractivity contribution in [3.8, 4) is 0 Å². The summed E-state index contributed by atoms with van der Waals surface area (Å²) in [7, 11) is 0. The molecule has 4 aromatic rings. The van der Waals surface area contributed by atoms with Crippen LogP contribution in [0.15, 0.2) is 66.7 Å². The highest BCUT2D eigenvalue weighted by Crippen LogP contribution is 2.23. The lowest BCUT2D eigenvalue weighted by atomic mass is 10.0. The Hall–Kier alpha value is -2.65. The van der Waals surface area contributed by atoms with Gasteiger partial charge in [0, 0.05) is 19.5 Å². The molecular formula is C24H27N3. The zero-order valence-electron chi connectivity index (χ0n) is 16.2. The van der Waals surface area contributed by atoms with Crippen molar-refractivity contribution in [2.75, 3.05) is 19.6 Å². The van der Waals surface area contributed by atoms with Crippen LogP contribution < -0.4 is 0 Å². The van der Waals surface area contributed by atoms with Crippen LogP contribution in [0.3, 0.4) is 0 Å². The molecule has 0 bridgehead atoms. The first-order valence-electron chi connectivity index (χ1n) is 9.93. The fourth-order valence-corrected chi connectivity index (χ4v) is 3.91. The van der Waals surface area contributed by atoms with Crippen LogP contribution in [-0.2, 0) is 13.0 Å². The maximum atomic E-state index is 4.99. The molecule has 1 heterocycles. The van der Waals surface area contributed by atoms with Crippen LogP contribution in [0.25, 0.3) is 21.8 Å². The van der Waals surface area contributed by atoms with Crippen molar-refractivity contribution in [2.24, 2.45) is 0 Å². The first-order valence-corrected chi connectivity index (χ1v) is 9.93. The summed E-state index contributed by atoms with van der Waals surface area (Å²) in [6.07, 6.45) is 0.855. The first kappa shape index (κ1) is 17.7. The van der Waals surface area contributed by atoms with Gasteiger partial charge in [-0.15, -0.1) is 0 Å². The molecule has 3 nitrogen and oxygen atoms in total. The van der Waals surface area contributed by atoms with Crippen LogP contribution in [-0.4, -0.2) is 34.1 Å².